The van der Waals surface area contributed by atoms with Crippen LogP contribution in [0.3, 0.4) is 0 Å². The van der Waals surface area contributed by atoms with Gasteiger partial charge in [-0.15, -0.1) is 0 Å². The van der Waals surface area contributed by atoms with Crippen molar-refractivity contribution in [2.75, 3.05) is 19.7 Å². The third-order valence-electron chi connectivity index (χ3n) is 3.09. The van der Waals surface area contributed by atoms with Gasteiger partial charge in [0.15, 0.2) is 0 Å². The summed E-state index contributed by atoms with van der Waals surface area (Å²) in [5.41, 5.74) is -0.997. The molecule has 7 nitrogen and oxygen atoms in total. The average molecular weight is 253 g/mol. The zero-order chi connectivity index (χ0) is 13.2. The third-order valence-corrected chi connectivity index (χ3v) is 3.09. The summed E-state index contributed by atoms with van der Waals surface area (Å²) in [6, 6.07) is -0.513. The summed E-state index contributed by atoms with van der Waals surface area (Å²) < 4.78 is 4.92. The van der Waals surface area contributed by atoms with E-state index in [9.17, 15) is 14.4 Å². The summed E-state index contributed by atoms with van der Waals surface area (Å²) in [6.07, 6.45) is 2.14. The second-order valence-electron chi connectivity index (χ2n) is 4.38. The van der Waals surface area contributed by atoms with E-state index in [1.54, 1.807) is 0 Å². The van der Waals surface area contributed by atoms with E-state index < -0.39 is 17.7 Å². The van der Waals surface area contributed by atoms with Crippen LogP contribution in [0.4, 0.5) is 9.59 Å². The first-order chi connectivity index (χ1) is 8.57. The Kier molecular flexibility index (Phi) is 3.22. The normalized spacial score (nSPS) is 26.8. The molecule has 0 aliphatic carbocycles. The summed E-state index contributed by atoms with van der Waals surface area (Å²) >= 11 is 0. The van der Waals surface area contributed by atoms with Crippen molar-refractivity contribution in [3.63, 3.8) is 0 Å². The highest BCUT2D eigenvalue weighted by molar-refractivity contribution is 6.07. The maximum atomic E-state index is 11.8. The van der Waals surface area contributed by atoms with Crippen molar-refractivity contribution < 1.29 is 19.1 Å². The van der Waals surface area contributed by atoms with Gasteiger partial charge in [0.25, 0.3) is 5.91 Å². The first-order valence-electron chi connectivity index (χ1n) is 5.73. The molecule has 98 valence electrons. The summed E-state index contributed by atoms with van der Waals surface area (Å²) in [7, 11) is 0. The Bertz CT molecular complexity index is 409. The Labute approximate surface area is 104 Å². The molecule has 1 unspecified atom stereocenters. The molecule has 2 heterocycles. The number of rotatable bonds is 2. The predicted octanol–water partition coefficient (Wildman–Crippen LogP) is -0.0170. The topological polar surface area (TPSA) is 87.7 Å². The Morgan fingerprint density at radius 3 is 2.94 bits per heavy atom. The van der Waals surface area contributed by atoms with Crippen molar-refractivity contribution in [1.29, 1.82) is 0 Å². The first-order valence-corrected chi connectivity index (χ1v) is 5.73. The molecule has 2 rings (SSSR count). The van der Waals surface area contributed by atoms with Gasteiger partial charge in [-0.3, -0.25) is 10.1 Å². The number of carbonyl (C=O) groups is 3. The average Bonchev–Trinajstić information content (AvgIpc) is 2.61. The number of ether oxygens (including phenoxy) is 1. The van der Waals surface area contributed by atoms with Gasteiger partial charge < -0.3 is 15.0 Å². The SMILES string of the molecule is C=CCOC(=O)N1CCCC2(C1)NC(=O)NC2=O. The minimum absolute atomic E-state index is 0.126. The number of hydrogen-bond donors (Lipinski definition) is 2. The molecule has 0 aromatic rings. The van der Waals surface area contributed by atoms with Crippen LogP contribution in [0.15, 0.2) is 12.7 Å². The van der Waals surface area contributed by atoms with Crippen LogP contribution in [0.25, 0.3) is 0 Å². The number of carbonyl (C=O) groups excluding carboxylic acids is 3. The molecule has 0 aromatic heterocycles. The Balaban J connectivity index is 2.04. The van der Waals surface area contributed by atoms with Crippen LogP contribution in [0.1, 0.15) is 12.8 Å². The Morgan fingerprint density at radius 1 is 1.56 bits per heavy atom. The van der Waals surface area contributed by atoms with Crippen LogP contribution in [0.5, 0.6) is 0 Å². The quantitative estimate of drug-likeness (QED) is 0.535. The fraction of sp³-hybridized carbons (Fsp3) is 0.545. The van der Waals surface area contributed by atoms with Gasteiger partial charge in [-0.25, -0.2) is 9.59 Å². The molecular formula is C11H15N3O4. The number of likely N-dealkylation sites (tertiary alicyclic amines) is 1. The summed E-state index contributed by atoms with van der Waals surface area (Å²) in [5, 5.41) is 4.79. The molecule has 2 aliphatic heterocycles. The molecule has 1 atom stereocenters. The largest absolute Gasteiger partial charge is 0.445 e. The molecule has 0 radical (unpaired) electrons. The molecule has 2 aliphatic rings. The van der Waals surface area contributed by atoms with Crippen molar-refractivity contribution >= 4 is 18.0 Å². The molecule has 2 N–H and O–H groups in total. The van der Waals surface area contributed by atoms with Crippen LogP contribution in [-0.2, 0) is 9.53 Å². The summed E-state index contributed by atoms with van der Waals surface area (Å²) in [4.78, 5) is 36.1. The van der Waals surface area contributed by atoms with E-state index in [4.69, 9.17) is 4.74 Å². The molecule has 2 fully saturated rings. The van der Waals surface area contributed by atoms with Gasteiger partial charge in [0.2, 0.25) is 0 Å². The van der Waals surface area contributed by atoms with Gasteiger partial charge >= 0.3 is 12.1 Å². The van der Waals surface area contributed by atoms with E-state index in [0.29, 0.717) is 19.4 Å². The number of nitrogens with zero attached hydrogens (tertiary/aromatic N) is 1. The van der Waals surface area contributed by atoms with E-state index in [0.717, 1.165) is 0 Å². The number of urea groups is 1. The van der Waals surface area contributed by atoms with Gasteiger partial charge in [-0.2, -0.15) is 0 Å². The van der Waals surface area contributed by atoms with E-state index in [1.807, 2.05) is 0 Å². The second-order valence-corrected chi connectivity index (χ2v) is 4.38. The van der Waals surface area contributed by atoms with Crippen LogP contribution in [0.2, 0.25) is 0 Å². The highest BCUT2D eigenvalue weighted by atomic mass is 16.6. The van der Waals surface area contributed by atoms with E-state index in [-0.39, 0.29) is 19.1 Å². The highest BCUT2D eigenvalue weighted by Crippen LogP contribution is 2.24. The third kappa shape index (κ3) is 2.15. The van der Waals surface area contributed by atoms with Crippen molar-refractivity contribution in [2.45, 2.75) is 18.4 Å². The number of imide groups is 1. The number of piperidine rings is 1. The molecule has 4 amide bonds. The van der Waals surface area contributed by atoms with Crippen LogP contribution < -0.4 is 10.6 Å². The Morgan fingerprint density at radius 2 is 2.33 bits per heavy atom. The zero-order valence-corrected chi connectivity index (χ0v) is 9.90. The maximum Gasteiger partial charge on any atom is 0.410 e. The molecule has 2 saturated heterocycles. The van der Waals surface area contributed by atoms with E-state index in [1.165, 1.54) is 11.0 Å². The molecule has 7 heteroatoms. The molecule has 18 heavy (non-hydrogen) atoms. The molecular weight excluding hydrogens is 238 g/mol. The fourth-order valence-electron chi connectivity index (χ4n) is 2.25. The number of nitrogens with one attached hydrogen (secondary N) is 2. The lowest BCUT2D eigenvalue weighted by molar-refractivity contribution is -0.125. The predicted molar refractivity (Wildman–Crippen MR) is 61.8 cm³/mol. The summed E-state index contributed by atoms with van der Waals surface area (Å²) in [5.74, 6) is -0.381. The van der Waals surface area contributed by atoms with Crippen molar-refractivity contribution in [3.05, 3.63) is 12.7 Å². The molecule has 0 saturated carbocycles. The fourth-order valence-corrected chi connectivity index (χ4v) is 2.25. The molecule has 0 bridgehead atoms. The lowest BCUT2D eigenvalue weighted by Gasteiger charge is -2.37. The van der Waals surface area contributed by atoms with Crippen LogP contribution >= 0.6 is 0 Å². The minimum Gasteiger partial charge on any atom is -0.445 e. The Hall–Kier alpha value is -2.05. The first kappa shape index (κ1) is 12.4. The second kappa shape index (κ2) is 4.67. The lowest BCUT2D eigenvalue weighted by Crippen LogP contribution is -2.59. The van der Waals surface area contributed by atoms with Crippen molar-refractivity contribution in [2.24, 2.45) is 0 Å². The van der Waals surface area contributed by atoms with Gasteiger partial charge in [0, 0.05) is 6.54 Å². The van der Waals surface area contributed by atoms with Gasteiger partial charge in [0.05, 0.1) is 6.54 Å². The van der Waals surface area contributed by atoms with Gasteiger partial charge in [0.1, 0.15) is 12.1 Å². The smallest absolute Gasteiger partial charge is 0.410 e. The van der Waals surface area contributed by atoms with E-state index in [2.05, 4.69) is 17.2 Å². The van der Waals surface area contributed by atoms with Crippen LogP contribution in [-0.4, -0.2) is 48.2 Å². The monoisotopic (exact) mass is 253 g/mol. The minimum atomic E-state index is -0.997. The highest BCUT2D eigenvalue weighted by Gasteiger charge is 2.49. The standard InChI is InChI=1S/C11H15N3O4/c1-2-6-18-10(17)14-5-3-4-11(7-14)8(15)12-9(16)13-11/h2H,1,3-7H2,(H2,12,13,15,16). The van der Waals surface area contributed by atoms with Gasteiger partial charge in [-0.1, -0.05) is 12.7 Å². The van der Waals surface area contributed by atoms with Crippen molar-refractivity contribution in [1.82, 2.24) is 15.5 Å². The lowest BCUT2D eigenvalue weighted by atomic mass is 9.89. The summed E-state index contributed by atoms with van der Waals surface area (Å²) in [6.45, 7) is 4.23. The van der Waals surface area contributed by atoms with Crippen LogP contribution in [0, 0.1) is 0 Å². The maximum absolute atomic E-state index is 11.8. The van der Waals surface area contributed by atoms with Gasteiger partial charge in [-0.05, 0) is 12.8 Å². The van der Waals surface area contributed by atoms with Crippen molar-refractivity contribution in [3.8, 4) is 0 Å². The number of amides is 4. The molecule has 0 aromatic carbocycles. The molecule has 1 spiro atoms. The number of hydrogen-bond acceptors (Lipinski definition) is 4. The van der Waals surface area contributed by atoms with E-state index >= 15 is 0 Å². The zero-order valence-electron chi connectivity index (χ0n) is 9.90.